The molecule has 0 bridgehead atoms. The fraction of sp³-hybridized carbons (Fsp3) is 0.429. The molecule has 2 aromatic rings. The van der Waals surface area contributed by atoms with Crippen molar-refractivity contribution in [1.29, 1.82) is 0 Å². The monoisotopic (exact) mass is 423 g/mol. The number of rotatable bonds is 10. The number of aromatic nitrogens is 1. The van der Waals surface area contributed by atoms with Crippen molar-refractivity contribution in [3.63, 3.8) is 0 Å². The number of hydrogen-bond acceptors (Lipinski definition) is 4. The molecule has 1 amide bonds. The van der Waals surface area contributed by atoms with E-state index < -0.39 is 5.82 Å². The highest BCUT2D eigenvalue weighted by molar-refractivity contribution is 6.30. The Morgan fingerprint density at radius 3 is 2.62 bits per heavy atom. The lowest BCUT2D eigenvalue weighted by Gasteiger charge is -2.16. The lowest BCUT2D eigenvalue weighted by Crippen LogP contribution is -2.38. The van der Waals surface area contributed by atoms with Gasteiger partial charge in [0.25, 0.3) is 0 Å². The zero-order chi connectivity index (χ0) is 21.6. The Bertz CT molecular complexity index is 882. The van der Waals surface area contributed by atoms with Gasteiger partial charge in [-0.05, 0) is 51.6 Å². The fourth-order valence-electron chi connectivity index (χ4n) is 3.20. The normalized spacial score (nSPS) is 11.1. The number of benzene rings is 1. The van der Waals surface area contributed by atoms with Crippen LogP contribution in [0.5, 0.6) is 0 Å². The molecule has 0 aliphatic rings. The van der Waals surface area contributed by atoms with Gasteiger partial charge in [0.1, 0.15) is 5.82 Å². The zero-order valence-corrected chi connectivity index (χ0v) is 18.0. The van der Waals surface area contributed by atoms with Crippen LogP contribution < -0.4 is 5.32 Å². The first-order valence-corrected chi connectivity index (χ1v) is 9.74. The van der Waals surface area contributed by atoms with Crippen LogP contribution >= 0.6 is 11.6 Å². The van der Waals surface area contributed by atoms with E-state index in [0.29, 0.717) is 24.4 Å². The average molecular weight is 424 g/mol. The summed E-state index contributed by atoms with van der Waals surface area (Å²) in [4.78, 5) is 26.4. The lowest BCUT2D eigenvalue weighted by molar-refractivity contribution is -0.121. The number of likely N-dealkylation sites (N-methyl/N-ethyl adjacent to an activating group) is 1. The Balaban J connectivity index is 2.04. The maximum Gasteiger partial charge on any atom is 0.234 e. The molecule has 2 rings (SSSR count). The summed E-state index contributed by atoms with van der Waals surface area (Å²) >= 11 is 5.90. The number of ether oxygens (including phenoxy) is 1. The summed E-state index contributed by atoms with van der Waals surface area (Å²) in [5, 5.41) is 2.83. The number of nitrogens with zero attached hydrogens (tertiary/aromatic N) is 2. The van der Waals surface area contributed by atoms with E-state index >= 15 is 0 Å². The van der Waals surface area contributed by atoms with Crippen LogP contribution in [0.15, 0.2) is 24.3 Å². The van der Waals surface area contributed by atoms with Crippen molar-refractivity contribution < 1.29 is 18.7 Å². The topological polar surface area (TPSA) is 63.6 Å². The molecule has 1 heterocycles. The molecule has 0 saturated carbocycles. The third kappa shape index (κ3) is 6.13. The second kappa shape index (κ2) is 10.5. The van der Waals surface area contributed by atoms with Crippen LogP contribution in [-0.2, 0) is 9.53 Å². The first-order chi connectivity index (χ1) is 13.7. The van der Waals surface area contributed by atoms with Gasteiger partial charge in [-0.3, -0.25) is 14.5 Å². The molecule has 1 aromatic heterocycles. The molecule has 158 valence electrons. The SMILES string of the molecule is COCCCNC(=O)CN(C)CC(=O)c1cc(C)n(-c2ccc(F)c(Cl)c2)c1C. The molecule has 0 fully saturated rings. The number of carbonyl (C=O) groups excluding carboxylic acids is 2. The van der Waals surface area contributed by atoms with Gasteiger partial charge in [0.2, 0.25) is 5.91 Å². The van der Waals surface area contributed by atoms with E-state index in [-0.39, 0.29) is 29.8 Å². The van der Waals surface area contributed by atoms with Crippen molar-refractivity contribution in [2.45, 2.75) is 20.3 Å². The highest BCUT2D eigenvalue weighted by atomic mass is 35.5. The minimum Gasteiger partial charge on any atom is -0.385 e. The van der Waals surface area contributed by atoms with Crippen LogP contribution in [0.1, 0.15) is 28.2 Å². The Kier molecular flexibility index (Phi) is 8.37. The van der Waals surface area contributed by atoms with Crippen molar-refractivity contribution in [3.05, 3.63) is 52.1 Å². The van der Waals surface area contributed by atoms with Crippen molar-refractivity contribution >= 4 is 23.3 Å². The van der Waals surface area contributed by atoms with Crippen molar-refractivity contribution in [2.75, 3.05) is 40.4 Å². The van der Waals surface area contributed by atoms with Crippen LogP contribution in [0.2, 0.25) is 5.02 Å². The molecule has 29 heavy (non-hydrogen) atoms. The highest BCUT2D eigenvalue weighted by Gasteiger charge is 2.19. The molecule has 0 unspecified atom stereocenters. The number of amides is 1. The van der Waals surface area contributed by atoms with Crippen LogP contribution in [0.3, 0.4) is 0 Å². The van der Waals surface area contributed by atoms with Gasteiger partial charge in [0, 0.05) is 42.9 Å². The Labute approximate surface area is 175 Å². The molecule has 0 radical (unpaired) electrons. The zero-order valence-electron chi connectivity index (χ0n) is 17.2. The highest BCUT2D eigenvalue weighted by Crippen LogP contribution is 2.25. The summed E-state index contributed by atoms with van der Waals surface area (Å²) in [6, 6.07) is 6.26. The first kappa shape index (κ1) is 23.1. The summed E-state index contributed by atoms with van der Waals surface area (Å²) in [6.45, 7) is 5.07. The Morgan fingerprint density at radius 1 is 1.24 bits per heavy atom. The molecule has 1 N–H and O–H groups in total. The quantitative estimate of drug-likeness (QED) is 0.471. The van der Waals surface area contributed by atoms with Gasteiger partial charge in [-0.25, -0.2) is 4.39 Å². The minimum atomic E-state index is -0.490. The number of methoxy groups -OCH3 is 1. The molecule has 1 aromatic carbocycles. The van der Waals surface area contributed by atoms with Crippen molar-refractivity contribution in [3.8, 4) is 5.69 Å². The van der Waals surface area contributed by atoms with Crippen LogP contribution in [0, 0.1) is 19.7 Å². The van der Waals surface area contributed by atoms with Crippen molar-refractivity contribution in [1.82, 2.24) is 14.8 Å². The third-order valence-electron chi connectivity index (χ3n) is 4.57. The second-order valence-electron chi connectivity index (χ2n) is 7.01. The summed E-state index contributed by atoms with van der Waals surface area (Å²) in [7, 11) is 3.34. The van der Waals surface area contributed by atoms with Crippen LogP contribution in [0.4, 0.5) is 4.39 Å². The van der Waals surface area contributed by atoms with E-state index in [1.165, 1.54) is 12.1 Å². The Hall–Kier alpha value is -2.22. The molecule has 8 heteroatoms. The third-order valence-corrected chi connectivity index (χ3v) is 4.86. The van der Waals surface area contributed by atoms with E-state index in [2.05, 4.69) is 5.32 Å². The second-order valence-corrected chi connectivity index (χ2v) is 7.42. The molecule has 6 nitrogen and oxygen atoms in total. The number of Topliss-reactive ketones (excluding diaryl/α,β-unsaturated/α-hetero) is 1. The summed E-state index contributed by atoms with van der Waals surface area (Å²) in [5.41, 5.74) is 2.84. The maximum absolute atomic E-state index is 13.5. The van der Waals surface area contributed by atoms with Gasteiger partial charge in [-0.1, -0.05) is 11.6 Å². The molecular weight excluding hydrogens is 397 g/mol. The van der Waals surface area contributed by atoms with Gasteiger partial charge in [-0.2, -0.15) is 0 Å². The van der Waals surface area contributed by atoms with Crippen LogP contribution in [0.25, 0.3) is 5.69 Å². The van der Waals surface area contributed by atoms with Crippen LogP contribution in [-0.4, -0.2) is 61.6 Å². The van der Waals surface area contributed by atoms with Gasteiger partial charge >= 0.3 is 0 Å². The number of halogens is 2. The predicted molar refractivity (Wildman–Crippen MR) is 112 cm³/mol. The van der Waals surface area contributed by atoms with E-state index in [4.69, 9.17) is 16.3 Å². The lowest BCUT2D eigenvalue weighted by atomic mass is 10.1. The largest absolute Gasteiger partial charge is 0.385 e. The average Bonchev–Trinajstić information content (AvgIpc) is 2.95. The number of nitrogens with one attached hydrogen (secondary N) is 1. The fourth-order valence-corrected chi connectivity index (χ4v) is 3.37. The first-order valence-electron chi connectivity index (χ1n) is 9.36. The van der Waals surface area contributed by atoms with E-state index in [1.54, 1.807) is 31.2 Å². The van der Waals surface area contributed by atoms with Gasteiger partial charge < -0.3 is 14.6 Å². The molecule has 0 saturated heterocycles. The van der Waals surface area contributed by atoms with Crippen molar-refractivity contribution in [2.24, 2.45) is 0 Å². The Morgan fingerprint density at radius 2 is 1.97 bits per heavy atom. The van der Waals surface area contributed by atoms with E-state index in [9.17, 15) is 14.0 Å². The number of carbonyl (C=O) groups is 2. The number of aryl methyl sites for hydroxylation is 1. The standard InChI is InChI=1S/C21H27ClFN3O3/c1-14-10-17(15(2)26(14)16-6-7-19(23)18(22)11-16)20(27)12-25(3)13-21(28)24-8-5-9-29-4/h6-7,10-11H,5,8-9,12-13H2,1-4H3,(H,24,28). The predicted octanol–water partition coefficient (Wildman–Crippen LogP) is 3.15. The molecule has 0 atom stereocenters. The van der Waals surface area contributed by atoms with Gasteiger partial charge in [0.15, 0.2) is 5.78 Å². The maximum atomic E-state index is 13.5. The minimum absolute atomic E-state index is 0.0270. The molecule has 0 aliphatic heterocycles. The van der Waals surface area contributed by atoms with Gasteiger partial charge in [-0.15, -0.1) is 0 Å². The summed E-state index contributed by atoms with van der Waals surface area (Å²) < 4.78 is 20.3. The summed E-state index contributed by atoms with van der Waals surface area (Å²) in [5.74, 6) is -0.716. The van der Waals surface area contributed by atoms with E-state index in [0.717, 1.165) is 17.8 Å². The molecular formula is C21H27ClFN3O3. The molecule has 0 spiro atoms. The smallest absolute Gasteiger partial charge is 0.234 e. The number of ketones is 1. The van der Waals surface area contributed by atoms with E-state index in [1.807, 2.05) is 18.4 Å². The number of hydrogen-bond donors (Lipinski definition) is 1. The molecule has 0 aliphatic carbocycles. The summed E-state index contributed by atoms with van der Waals surface area (Å²) in [6.07, 6.45) is 0.740. The van der Waals surface area contributed by atoms with Gasteiger partial charge in [0.05, 0.1) is 18.1 Å².